The summed E-state index contributed by atoms with van der Waals surface area (Å²) in [4.78, 5) is 24.9. The predicted molar refractivity (Wildman–Crippen MR) is 110 cm³/mol. The number of rotatable bonds is 17. The van der Waals surface area contributed by atoms with E-state index >= 15 is 0 Å². The Bertz CT molecular complexity index is 463. The van der Waals surface area contributed by atoms with Crippen LogP contribution in [0.25, 0.3) is 0 Å². The fourth-order valence-corrected chi connectivity index (χ4v) is 4.50. The second-order valence-corrected chi connectivity index (χ2v) is 10.4. The van der Waals surface area contributed by atoms with E-state index in [1.165, 1.54) is 0 Å². The normalized spacial score (nSPS) is 13.2. The van der Waals surface area contributed by atoms with Crippen molar-refractivity contribution >= 4 is 20.7 Å². The van der Waals surface area contributed by atoms with Gasteiger partial charge in [0.25, 0.3) is 0 Å². The van der Waals surface area contributed by atoms with Gasteiger partial charge in [-0.3, -0.25) is 9.59 Å². The minimum atomic E-state index is -2.67. The van der Waals surface area contributed by atoms with Gasteiger partial charge in [-0.05, 0) is 33.1 Å². The molecule has 29 heavy (non-hydrogen) atoms. The van der Waals surface area contributed by atoms with Gasteiger partial charge in [0, 0.05) is 40.4 Å². The lowest BCUT2D eigenvalue weighted by Gasteiger charge is -2.27. The van der Waals surface area contributed by atoms with Crippen molar-refractivity contribution in [3.05, 3.63) is 0 Å². The van der Waals surface area contributed by atoms with Crippen LogP contribution in [-0.4, -0.2) is 75.7 Å². The van der Waals surface area contributed by atoms with Crippen molar-refractivity contribution in [3.8, 4) is 0 Å². The molecular weight excluding hydrogens is 398 g/mol. The molecule has 1 atom stereocenters. The summed E-state index contributed by atoms with van der Waals surface area (Å²) < 4.78 is 31.6. The van der Waals surface area contributed by atoms with Gasteiger partial charge in [0.1, 0.15) is 6.73 Å². The Kier molecular flexibility index (Phi) is 14.3. The van der Waals surface area contributed by atoms with E-state index in [1.54, 1.807) is 42.3 Å². The van der Waals surface area contributed by atoms with Gasteiger partial charge in [0.2, 0.25) is 5.91 Å². The van der Waals surface area contributed by atoms with Crippen LogP contribution in [0, 0.1) is 11.3 Å². The van der Waals surface area contributed by atoms with Crippen LogP contribution in [0.3, 0.4) is 0 Å². The molecule has 1 unspecified atom stereocenters. The van der Waals surface area contributed by atoms with E-state index in [1.807, 2.05) is 6.92 Å². The van der Waals surface area contributed by atoms with E-state index in [2.05, 4.69) is 5.32 Å². The van der Waals surface area contributed by atoms with Crippen molar-refractivity contribution < 1.29 is 37.1 Å². The van der Waals surface area contributed by atoms with Gasteiger partial charge in [0.15, 0.2) is 0 Å². The molecule has 0 spiro atoms. The standard InChI is InChI=1S/C19H39NO8Si/c1-8-16(17(21)20-15-27-12-11-23-4)14-19(2,3)18(22)28-10-9-13-29(24-5,25-6)26-7/h16H,8-15H2,1-7H3,(H,20,21). The fourth-order valence-electron chi connectivity index (χ4n) is 2.81. The number of amides is 1. The van der Waals surface area contributed by atoms with Gasteiger partial charge in [-0.25, -0.2) is 0 Å². The molecule has 0 fully saturated rings. The highest BCUT2D eigenvalue weighted by Crippen LogP contribution is 2.29. The molecular formula is C19H39NO8Si. The third-order valence-electron chi connectivity index (χ3n) is 4.75. The number of hydrogen-bond acceptors (Lipinski definition) is 8. The third-order valence-corrected chi connectivity index (χ3v) is 7.58. The van der Waals surface area contributed by atoms with Gasteiger partial charge in [-0.1, -0.05) is 6.92 Å². The lowest BCUT2D eigenvalue weighted by molar-refractivity contribution is -0.155. The summed E-state index contributed by atoms with van der Waals surface area (Å²) in [5.41, 5.74) is -0.785. The summed E-state index contributed by atoms with van der Waals surface area (Å²) in [6, 6.07) is 0.549. The SMILES string of the molecule is CCC(CC(C)(C)C(=O)OCCC[Si](OC)(OC)OC)C(=O)NCOCCOC. The van der Waals surface area contributed by atoms with Crippen molar-refractivity contribution in [1.29, 1.82) is 0 Å². The third kappa shape index (κ3) is 10.5. The van der Waals surface area contributed by atoms with Crippen LogP contribution >= 0.6 is 0 Å². The summed E-state index contributed by atoms with van der Waals surface area (Å²) in [6.07, 6.45) is 1.57. The molecule has 0 aliphatic rings. The van der Waals surface area contributed by atoms with E-state index in [0.717, 1.165) is 0 Å². The summed E-state index contributed by atoms with van der Waals surface area (Å²) >= 11 is 0. The van der Waals surface area contributed by atoms with Crippen LogP contribution in [0.5, 0.6) is 0 Å². The quantitative estimate of drug-likeness (QED) is 0.160. The van der Waals surface area contributed by atoms with Gasteiger partial charge in [0.05, 0.1) is 25.2 Å². The Labute approximate surface area is 176 Å². The number of ether oxygens (including phenoxy) is 3. The second-order valence-electron chi connectivity index (χ2n) is 7.31. The number of nitrogens with one attached hydrogen (secondary N) is 1. The lowest BCUT2D eigenvalue weighted by Crippen LogP contribution is -2.43. The molecule has 0 aromatic heterocycles. The first-order valence-corrected chi connectivity index (χ1v) is 11.8. The van der Waals surface area contributed by atoms with Crippen molar-refractivity contribution in [2.45, 2.75) is 46.1 Å². The molecule has 9 nitrogen and oxygen atoms in total. The Morgan fingerprint density at radius 2 is 1.62 bits per heavy atom. The maximum Gasteiger partial charge on any atom is 0.500 e. The average Bonchev–Trinajstić information content (AvgIpc) is 2.72. The first kappa shape index (κ1) is 28.0. The van der Waals surface area contributed by atoms with Crippen molar-refractivity contribution in [2.75, 3.05) is 55.0 Å². The molecule has 0 heterocycles. The fraction of sp³-hybridized carbons (Fsp3) is 0.895. The van der Waals surface area contributed by atoms with Crippen molar-refractivity contribution in [3.63, 3.8) is 0 Å². The van der Waals surface area contributed by atoms with Crippen molar-refractivity contribution in [2.24, 2.45) is 11.3 Å². The smallest absolute Gasteiger partial charge is 0.465 e. The van der Waals surface area contributed by atoms with Crippen LogP contribution in [0.2, 0.25) is 6.04 Å². The second kappa shape index (κ2) is 14.9. The largest absolute Gasteiger partial charge is 0.500 e. The molecule has 0 aromatic rings. The summed E-state index contributed by atoms with van der Waals surface area (Å²) in [7, 11) is 3.56. The Hall–Kier alpha value is -1.04. The lowest BCUT2D eigenvalue weighted by atomic mass is 9.81. The van der Waals surface area contributed by atoms with E-state index in [-0.39, 0.29) is 31.1 Å². The zero-order valence-electron chi connectivity index (χ0n) is 19.0. The van der Waals surface area contributed by atoms with E-state index in [9.17, 15) is 9.59 Å². The minimum absolute atomic E-state index is 0.119. The van der Waals surface area contributed by atoms with E-state index < -0.39 is 14.2 Å². The van der Waals surface area contributed by atoms with Gasteiger partial charge < -0.3 is 32.8 Å². The molecule has 0 saturated heterocycles. The van der Waals surface area contributed by atoms with Gasteiger partial charge in [-0.15, -0.1) is 0 Å². The Morgan fingerprint density at radius 1 is 1.00 bits per heavy atom. The molecule has 0 rings (SSSR count). The first-order chi connectivity index (χ1) is 13.7. The molecule has 1 N–H and O–H groups in total. The molecule has 0 aromatic carbocycles. The number of carbonyl (C=O) groups is 2. The van der Waals surface area contributed by atoms with Crippen LogP contribution in [0.1, 0.15) is 40.0 Å². The van der Waals surface area contributed by atoms with E-state index in [0.29, 0.717) is 38.5 Å². The average molecular weight is 438 g/mol. The molecule has 0 saturated carbocycles. The molecule has 0 aliphatic carbocycles. The maximum atomic E-state index is 12.5. The molecule has 172 valence electrons. The zero-order valence-corrected chi connectivity index (χ0v) is 20.0. The molecule has 1 amide bonds. The summed E-state index contributed by atoms with van der Waals surface area (Å²) in [5.74, 6) is -0.777. The van der Waals surface area contributed by atoms with E-state index in [4.69, 9.17) is 27.5 Å². The highest BCUT2D eigenvalue weighted by molar-refractivity contribution is 6.60. The molecule has 10 heteroatoms. The number of carbonyl (C=O) groups excluding carboxylic acids is 2. The van der Waals surface area contributed by atoms with Crippen LogP contribution in [0.15, 0.2) is 0 Å². The van der Waals surface area contributed by atoms with Crippen LogP contribution in [0.4, 0.5) is 0 Å². The number of hydrogen-bond donors (Lipinski definition) is 1. The van der Waals surface area contributed by atoms with Crippen LogP contribution in [-0.2, 0) is 37.1 Å². The van der Waals surface area contributed by atoms with Gasteiger partial charge >= 0.3 is 14.8 Å². The summed E-state index contributed by atoms with van der Waals surface area (Å²) in [6.45, 7) is 6.73. The van der Waals surface area contributed by atoms with Gasteiger partial charge in [-0.2, -0.15) is 0 Å². The Balaban J connectivity index is 4.46. The number of esters is 1. The molecule has 0 bridgehead atoms. The zero-order chi connectivity index (χ0) is 22.3. The summed E-state index contributed by atoms with van der Waals surface area (Å²) in [5, 5.41) is 2.74. The van der Waals surface area contributed by atoms with Crippen molar-refractivity contribution in [1.82, 2.24) is 5.32 Å². The molecule has 0 aliphatic heterocycles. The minimum Gasteiger partial charge on any atom is -0.465 e. The Morgan fingerprint density at radius 3 is 2.14 bits per heavy atom. The highest BCUT2D eigenvalue weighted by atomic mass is 28.4. The predicted octanol–water partition coefficient (Wildman–Crippen LogP) is 1.98. The number of methoxy groups -OCH3 is 1. The topological polar surface area (TPSA) is 102 Å². The maximum absolute atomic E-state index is 12.5. The molecule has 0 radical (unpaired) electrons. The van der Waals surface area contributed by atoms with Crippen LogP contribution < -0.4 is 5.32 Å². The highest BCUT2D eigenvalue weighted by Gasteiger charge is 2.38. The monoisotopic (exact) mass is 437 g/mol. The first-order valence-electron chi connectivity index (χ1n) is 9.89.